The van der Waals surface area contributed by atoms with Gasteiger partial charge in [0.2, 0.25) is 0 Å². The normalized spacial score (nSPS) is 11.8. The van der Waals surface area contributed by atoms with Gasteiger partial charge < -0.3 is 15.2 Å². The van der Waals surface area contributed by atoms with Crippen LogP contribution >= 0.6 is 23.2 Å². The number of aliphatic hydroxyl groups is 1. The number of nitrogens with zero attached hydrogens (tertiary/aromatic N) is 2. The van der Waals surface area contributed by atoms with Gasteiger partial charge in [-0.2, -0.15) is 5.10 Å². The second-order valence-corrected chi connectivity index (χ2v) is 7.68. The van der Waals surface area contributed by atoms with Crippen molar-refractivity contribution >= 4 is 29.1 Å². The molecule has 0 aliphatic heterocycles. The van der Waals surface area contributed by atoms with Crippen molar-refractivity contribution < 1.29 is 14.6 Å². The Kier molecular flexibility index (Phi) is 7.33. The van der Waals surface area contributed by atoms with E-state index in [9.17, 15) is 14.7 Å². The first-order valence-electron chi connectivity index (χ1n) is 9.41. The molecule has 0 aliphatic rings. The summed E-state index contributed by atoms with van der Waals surface area (Å²) in [6.45, 7) is -0.270. The molecule has 162 valence electrons. The number of ether oxygens (including phenoxy) is 1. The molecule has 2 N–H and O–H groups in total. The Morgan fingerprint density at radius 2 is 1.84 bits per heavy atom. The fraction of sp³-hybridized carbons (Fsp3) is 0.227. The number of halogens is 2. The number of aryl methyl sites for hydroxylation is 1. The summed E-state index contributed by atoms with van der Waals surface area (Å²) in [5, 5.41) is 16.9. The van der Waals surface area contributed by atoms with Gasteiger partial charge in [-0.15, -0.1) is 0 Å². The van der Waals surface area contributed by atoms with Crippen molar-refractivity contribution in [3.05, 3.63) is 80.2 Å². The molecule has 0 aliphatic carbocycles. The molecule has 31 heavy (non-hydrogen) atoms. The number of hydrogen-bond donors (Lipinski definition) is 2. The molecule has 2 aromatic carbocycles. The van der Waals surface area contributed by atoms with Gasteiger partial charge in [0.05, 0.1) is 47.1 Å². The Morgan fingerprint density at radius 1 is 1.19 bits per heavy atom. The molecule has 1 atom stereocenters. The van der Waals surface area contributed by atoms with Gasteiger partial charge in [0.15, 0.2) is 5.75 Å². The summed E-state index contributed by atoms with van der Waals surface area (Å²) in [6, 6.07) is 11.5. The van der Waals surface area contributed by atoms with Crippen molar-refractivity contribution in [1.82, 2.24) is 15.1 Å². The van der Waals surface area contributed by atoms with E-state index in [4.69, 9.17) is 27.9 Å². The van der Waals surface area contributed by atoms with Crippen LogP contribution in [-0.2, 0) is 13.5 Å². The number of methoxy groups -OCH3 is 1. The number of benzene rings is 2. The van der Waals surface area contributed by atoms with Crippen LogP contribution in [0.25, 0.3) is 11.1 Å². The van der Waals surface area contributed by atoms with E-state index in [1.807, 2.05) is 12.1 Å². The zero-order chi connectivity index (χ0) is 22.5. The molecule has 0 fully saturated rings. The second kappa shape index (κ2) is 9.96. The molecule has 1 aromatic heterocycles. The standard InChI is InChI=1S/C22H21Cl2N3O4/c1-27-22(30)19(18(31-2)11-25-27)14-8-6-13(7-9-14)10-15(12-28)26-21(29)20-16(23)4-3-5-17(20)24/h3-9,11,15,28H,10,12H2,1-2H3,(H,26,29). The topological polar surface area (TPSA) is 93.5 Å². The molecule has 0 spiro atoms. The smallest absolute Gasteiger partial charge is 0.278 e. The van der Waals surface area contributed by atoms with E-state index in [1.54, 1.807) is 37.4 Å². The highest BCUT2D eigenvalue weighted by atomic mass is 35.5. The molecule has 9 heteroatoms. The third-order valence-electron chi connectivity index (χ3n) is 4.79. The lowest BCUT2D eigenvalue weighted by atomic mass is 10.0. The van der Waals surface area contributed by atoms with Crippen molar-refractivity contribution in [2.45, 2.75) is 12.5 Å². The lowest BCUT2D eigenvalue weighted by molar-refractivity contribution is 0.0917. The lowest BCUT2D eigenvalue weighted by Gasteiger charge is -2.18. The lowest BCUT2D eigenvalue weighted by Crippen LogP contribution is -2.39. The summed E-state index contributed by atoms with van der Waals surface area (Å²) < 4.78 is 6.51. The number of rotatable bonds is 7. The minimum Gasteiger partial charge on any atom is -0.494 e. The van der Waals surface area contributed by atoms with E-state index in [1.165, 1.54) is 18.0 Å². The van der Waals surface area contributed by atoms with Gasteiger partial charge in [0, 0.05) is 7.05 Å². The average Bonchev–Trinajstić information content (AvgIpc) is 2.75. The van der Waals surface area contributed by atoms with Crippen molar-refractivity contribution in [1.29, 1.82) is 0 Å². The summed E-state index contributed by atoms with van der Waals surface area (Å²) in [5.41, 5.74) is 1.84. The highest BCUT2D eigenvalue weighted by Gasteiger charge is 2.19. The molecule has 1 unspecified atom stereocenters. The maximum absolute atomic E-state index is 12.6. The van der Waals surface area contributed by atoms with Gasteiger partial charge in [-0.1, -0.05) is 53.5 Å². The third kappa shape index (κ3) is 5.07. The number of aliphatic hydroxyl groups excluding tert-OH is 1. The predicted octanol–water partition coefficient (Wildman–Crippen LogP) is 3.10. The van der Waals surface area contributed by atoms with Gasteiger partial charge >= 0.3 is 0 Å². The fourth-order valence-corrected chi connectivity index (χ4v) is 3.74. The van der Waals surface area contributed by atoms with Crippen LogP contribution in [-0.4, -0.2) is 40.6 Å². The van der Waals surface area contributed by atoms with Crippen LogP contribution in [0.15, 0.2) is 53.5 Å². The number of carbonyl (C=O) groups is 1. The minimum absolute atomic E-state index is 0.167. The largest absolute Gasteiger partial charge is 0.494 e. The quantitative estimate of drug-likeness (QED) is 0.563. The van der Waals surface area contributed by atoms with Crippen LogP contribution in [0.2, 0.25) is 10.0 Å². The molecular formula is C22H21Cl2N3O4. The van der Waals surface area contributed by atoms with Gasteiger partial charge in [0.25, 0.3) is 11.5 Å². The van der Waals surface area contributed by atoms with Gasteiger partial charge in [-0.3, -0.25) is 9.59 Å². The third-order valence-corrected chi connectivity index (χ3v) is 5.42. The molecule has 0 saturated carbocycles. The molecule has 1 amide bonds. The van der Waals surface area contributed by atoms with Crippen LogP contribution in [0.4, 0.5) is 0 Å². The molecular weight excluding hydrogens is 441 g/mol. The Morgan fingerprint density at radius 3 is 2.42 bits per heavy atom. The van der Waals surface area contributed by atoms with E-state index in [-0.39, 0.29) is 27.8 Å². The number of hydrogen-bond acceptors (Lipinski definition) is 5. The Balaban J connectivity index is 1.78. The molecule has 3 aromatic rings. The highest BCUT2D eigenvalue weighted by Crippen LogP contribution is 2.26. The maximum atomic E-state index is 12.6. The van der Waals surface area contributed by atoms with E-state index >= 15 is 0 Å². The Hall–Kier alpha value is -2.87. The van der Waals surface area contributed by atoms with E-state index in [0.717, 1.165) is 5.56 Å². The summed E-state index contributed by atoms with van der Waals surface area (Å²) in [5.74, 6) is -0.0794. The molecule has 7 nitrogen and oxygen atoms in total. The predicted molar refractivity (Wildman–Crippen MR) is 120 cm³/mol. The summed E-state index contributed by atoms with van der Waals surface area (Å²) in [7, 11) is 3.05. The number of carbonyl (C=O) groups excluding carboxylic acids is 1. The minimum atomic E-state index is -0.547. The van der Waals surface area contributed by atoms with Gasteiger partial charge in [0.1, 0.15) is 0 Å². The molecule has 1 heterocycles. The molecule has 3 rings (SSSR count). The maximum Gasteiger partial charge on any atom is 0.278 e. The fourth-order valence-electron chi connectivity index (χ4n) is 3.17. The number of aromatic nitrogens is 2. The van der Waals surface area contributed by atoms with Crippen LogP contribution in [0.5, 0.6) is 5.75 Å². The van der Waals surface area contributed by atoms with Crippen molar-refractivity contribution in [3.63, 3.8) is 0 Å². The van der Waals surface area contributed by atoms with Crippen molar-refractivity contribution in [2.24, 2.45) is 7.05 Å². The van der Waals surface area contributed by atoms with Gasteiger partial charge in [-0.25, -0.2) is 4.68 Å². The first-order valence-corrected chi connectivity index (χ1v) is 10.2. The van der Waals surface area contributed by atoms with E-state index < -0.39 is 11.9 Å². The Bertz CT molecular complexity index is 1130. The second-order valence-electron chi connectivity index (χ2n) is 6.87. The SMILES string of the molecule is COc1cnn(C)c(=O)c1-c1ccc(CC(CO)NC(=O)c2c(Cl)cccc2Cl)cc1. The van der Waals surface area contributed by atoms with Crippen LogP contribution in [0.3, 0.4) is 0 Å². The summed E-state index contributed by atoms with van der Waals surface area (Å²) in [6.07, 6.45) is 1.86. The first-order chi connectivity index (χ1) is 14.8. The van der Waals surface area contributed by atoms with E-state index in [0.29, 0.717) is 23.3 Å². The van der Waals surface area contributed by atoms with Crippen LogP contribution in [0.1, 0.15) is 15.9 Å². The van der Waals surface area contributed by atoms with Gasteiger partial charge in [-0.05, 0) is 29.7 Å². The Labute approximate surface area is 189 Å². The number of nitrogens with one attached hydrogen (secondary N) is 1. The molecule has 0 bridgehead atoms. The van der Waals surface area contributed by atoms with E-state index in [2.05, 4.69) is 10.4 Å². The molecule has 0 saturated heterocycles. The summed E-state index contributed by atoms with van der Waals surface area (Å²) >= 11 is 12.2. The highest BCUT2D eigenvalue weighted by molar-refractivity contribution is 6.39. The van der Waals surface area contributed by atoms with Crippen molar-refractivity contribution in [2.75, 3.05) is 13.7 Å². The zero-order valence-electron chi connectivity index (χ0n) is 16.9. The monoisotopic (exact) mass is 461 g/mol. The number of amides is 1. The summed E-state index contributed by atoms with van der Waals surface area (Å²) in [4.78, 5) is 25.1. The molecule has 0 radical (unpaired) electrons. The van der Waals surface area contributed by atoms with Crippen LogP contribution in [0, 0.1) is 0 Å². The van der Waals surface area contributed by atoms with Crippen molar-refractivity contribution in [3.8, 4) is 16.9 Å². The first kappa shape index (κ1) is 22.8. The van der Waals surface area contributed by atoms with Crippen LogP contribution < -0.4 is 15.6 Å². The average molecular weight is 462 g/mol. The zero-order valence-corrected chi connectivity index (χ0v) is 18.4.